The van der Waals surface area contributed by atoms with Crippen LogP contribution in [0.4, 0.5) is 14.9 Å². The molecule has 1 aliphatic heterocycles. The van der Waals surface area contributed by atoms with Crippen LogP contribution in [0.15, 0.2) is 48.5 Å². The Bertz CT molecular complexity index is 711. The Labute approximate surface area is 153 Å². The minimum absolute atomic E-state index is 0.226. The zero-order valence-corrected chi connectivity index (χ0v) is 14.7. The molecule has 3 rings (SSSR count). The van der Waals surface area contributed by atoms with Crippen LogP contribution in [0.3, 0.4) is 0 Å². The van der Waals surface area contributed by atoms with Crippen LogP contribution in [-0.4, -0.2) is 53.7 Å². The molecule has 0 radical (unpaired) electrons. The summed E-state index contributed by atoms with van der Waals surface area (Å²) >= 11 is 0. The lowest BCUT2D eigenvalue weighted by Gasteiger charge is -2.33. The minimum atomic E-state index is -0.830. The van der Waals surface area contributed by atoms with Gasteiger partial charge in [0.1, 0.15) is 5.82 Å². The van der Waals surface area contributed by atoms with E-state index < -0.39 is 6.09 Å². The highest BCUT2D eigenvalue weighted by Gasteiger charge is 2.20. The van der Waals surface area contributed by atoms with Gasteiger partial charge < -0.3 is 15.3 Å². The van der Waals surface area contributed by atoms with Crippen LogP contribution >= 0.6 is 0 Å². The van der Waals surface area contributed by atoms with Gasteiger partial charge in [-0.2, -0.15) is 0 Å². The number of piperazine rings is 1. The quantitative estimate of drug-likeness (QED) is 0.833. The van der Waals surface area contributed by atoms with Crippen LogP contribution in [-0.2, 0) is 13.0 Å². The summed E-state index contributed by atoms with van der Waals surface area (Å²) in [5.41, 5.74) is 3.41. The Morgan fingerprint density at radius 3 is 2.19 bits per heavy atom. The monoisotopic (exact) mass is 357 g/mol. The molecule has 1 saturated heterocycles. The van der Waals surface area contributed by atoms with E-state index >= 15 is 0 Å². The molecule has 2 N–H and O–H groups in total. The predicted octanol–water partition coefficient (Wildman–Crippen LogP) is 3.28. The Morgan fingerprint density at radius 1 is 0.962 bits per heavy atom. The van der Waals surface area contributed by atoms with Gasteiger partial charge in [-0.15, -0.1) is 0 Å². The summed E-state index contributed by atoms with van der Waals surface area (Å²) in [5.74, 6) is -0.226. The van der Waals surface area contributed by atoms with Gasteiger partial charge in [0.25, 0.3) is 0 Å². The Hall–Kier alpha value is -2.60. The summed E-state index contributed by atoms with van der Waals surface area (Å²) in [6, 6.07) is 14.9. The van der Waals surface area contributed by atoms with Gasteiger partial charge in [-0.25, -0.2) is 9.18 Å². The maximum absolute atomic E-state index is 12.9. The van der Waals surface area contributed by atoms with Gasteiger partial charge in [0.15, 0.2) is 0 Å². The van der Waals surface area contributed by atoms with Crippen LogP contribution in [0, 0.1) is 5.82 Å². The van der Waals surface area contributed by atoms with Crippen molar-refractivity contribution in [2.45, 2.75) is 13.0 Å². The molecule has 1 aliphatic rings. The molecule has 26 heavy (non-hydrogen) atoms. The molecule has 0 spiro atoms. The number of nitrogens with zero attached hydrogens (tertiary/aromatic N) is 2. The predicted molar refractivity (Wildman–Crippen MR) is 99.9 cm³/mol. The highest BCUT2D eigenvalue weighted by atomic mass is 19.1. The molecule has 1 amide bonds. The number of hydrogen-bond acceptors (Lipinski definition) is 3. The van der Waals surface area contributed by atoms with Gasteiger partial charge in [-0.3, -0.25) is 4.90 Å². The fourth-order valence-corrected chi connectivity index (χ4v) is 3.09. The van der Waals surface area contributed by atoms with Crippen molar-refractivity contribution < 1.29 is 14.3 Å². The third-order valence-corrected chi connectivity index (χ3v) is 4.66. The van der Waals surface area contributed by atoms with E-state index in [1.165, 1.54) is 28.2 Å². The topological polar surface area (TPSA) is 55.8 Å². The molecule has 138 valence electrons. The number of anilines is 1. The largest absolute Gasteiger partial charge is 0.465 e. The second-order valence-electron chi connectivity index (χ2n) is 6.55. The normalized spacial score (nSPS) is 15.0. The average Bonchev–Trinajstić information content (AvgIpc) is 2.65. The number of carbonyl (C=O) groups is 1. The first-order valence-corrected chi connectivity index (χ1v) is 8.87. The first-order valence-electron chi connectivity index (χ1n) is 8.87. The summed E-state index contributed by atoms with van der Waals surface area (Å²) in [6.45, 7) is 4.33. The second-order valence-corrected chi connectivity index (χ2v) is 6.55. The summed E-state index contributed by atoms with van der Waals surface area (Å²) in [5, 5.41) is 12.3. The molecule has 0 bridgehead atoms. The number of carboxylic acid groups (broad SMARTS) is 1. The average molecular weight is 357 g/mol. The van der Waals surface area contributed by atoms with E-state index in [0.29, 0.717) is 13.1 Å². The number of hydrogen-bond donors (Lipinski definition) is 2. The van der Waals surface area contributed by atoms with E-state index in [4.69, 9.17) is 5.11 Å². The highest BCUT2D eigenvalue weighted by Crippen LogP contribution is 2.12. The first-order chi connectivity index (χ1) is 12.6. The fraction of sp³-hybridized carbons (Fsp3) is 0.350. The molecule has 2 aromatic rings. The van der Waals surface area contributed by atoms with Gasteiger partial charge in [-0.1, -0.05) is 24.3 Å². The third kappa shape index (κ3) is 5.20. The maximum Gasteiger partial charge on any atom is 0.407 e. The molecule has 6 heteroatoms. The van der Waals surface area contributed by atoms with Crippen molar-refractivity contribution in [3.05, 3.63) is 65.5 Å². The summed E-state index contributed by atoms with van der Waals surface area (Å²) < 4.78 is 12.9. The van der Waals surface area contributed by atoms with E-state index in [2.05, 4.69) is 34.5 Å². The first kappa shape index (κ1) is 18.2. The molecule has 1 fully saturated rings. The van der Waals surface area contributed by atoms with E-state index in [1.54, 1.807) is 12.1 Å². The van der Waals surface area contributed by atoms with Gasteiger partial charge >= 0.3 is 6.09 Å². The lowest BCUT2D eigenvalue weighted by atomic mass is 10.1. The minimum Gasteiger partial charge on any atom is -0.465 e. The molecule has 0 aromatic heterocycles. The molecule has 0 atom stereocenters. The lowest BCUT2D eigenvalue weighted by molar-refractivity contribution is 0.103. The van der Waals surface area contributed by atoms with Crippen molar-refractivity contribution in [1.82, 2.24) is 9.80 Å². The molecule has 0 unspecified atom stereocenters. The Kier molecular flexibility index (Phi) is 6.07. The fourth-order valence-electron chi connectivity index (χ4n) is 3.09. The van der Waals surface area contributed by atoms with Crippen molar-refractivity contribution in [2.24, 2.45) is 0 Å². The van der Waals surface area contributed by atoms with Crippen LogP contribution in [0.25, 0.3) is 0 Å². The smallest absolute Gasteiger partial charge is 0.407 e. The van der Waals surface area contributed by atoms with Crippen LogP contribution in [0.2, 0.25) is 0 Å². The van der Waals surface area contributed by atoms with Crippen LogP contribution in [0.1, 0.15) is 11.1 Å². The van der Waals surface area contributed by atoms with Crippen molar-refractivity contribution in [1.29, 1.82) is 0 Å². The molecule has 5 nitrogen and oxygen atoms in total. The Balaban J connectivity index is 1.42. The molecular weight excluding hydrogens is 333 g/mol. The van der Waals surface area contributed by atoms with Gasteiger partial charge in [-0.05, 0) is 41.8 Å². The number of amides is 1. The molecule has 0 saturated carbocycles. The zero-order valence-electron chi connectivity index (χ0n) is 14.7. The van der Waals surface area contributed by atoms with E-state index in [1.807, 2.05) is 0 Å². The lowest BCUT2D eigenvalue weighted by Crippen LogP contribution is -2.47. The maximum atomic E-state index is 12.9. The number of rotatable bonds is 6. The summed E-state index contributed by atoms with van der Waals surface area (Å²) in [6.07, 6.45) is 0.0674. The molecule has 0 aliphatic carbocycles. The van der Waals surface area contributed by atoms with Crippen molar-refractivity contribution in [3.8, 4) is 0 Å². The number of benzene rings is 2. The summed E-state index contributed by atoms with van der Waals surface area (Å²) in [4.78, 5) is 14.7. The third-order valence-electron chi connectivity index (χ3n) is 4.66. The molecule has 2 aromatic carbocycles. The molecular formula is C20H24FN3O2. The number of nitrogens with one attached hydrogen (secondary N) is 1. The van der Waals surface area contributed by atoms with Crippen LogP contribution in [0.5, 0.6) is 0 Å². The van der Waals surface area contributed by atoms with Crippen LogP contribution < -0.4 is 5.32 Å². The SMILES string of the molecule is O=C(O)N1CCN(Cc2ccc(CCNc3ccc(F)cc3)cc2)CC1. The molecule has 1 heterocycles. The van der Waals surface area contributed by atoms with Crippen molar-refractivity contribution in [3.63, 3.8) is 0 Å². The van der Waals surface area contributed by atoms with Gasteiger partial charge in [0.05, 0.1) is 0 Å². The van der Waals surface area contributed by atoms with E-state index in [-0.39, 0.29) is 5.82 Å². The van der Waals surface area contributed by atoms with Crippen molar-refractivity contribution in [2.75, 3.05) is 38.0 Å². The van der Waals surface area contributed by atoms with Gasteiger partial charge in [0.2, 0.25) is 0 Å². The van der Waals surface area contributed by atoms with E-state index in [9.17, 15) is 9.18 Å². The zero-order chi connectivity index (χ0) is 18.4. The second kappa shape index (κ2) is 8.67. The van der Waals surface area contributed by atoms with Crippen molar-refractivity contribution >= 4 is 11.8 Å². The summed E-state index contributed by atoms with van der Waals surface area (Å²) in [7, 11) is 0. The van der Waals surface area contributed by atoms with Gasteiger partial charge in [0, 0.05) is 45.0 Å². The Morgan fingerprint density at radius 2 is 1.58 bits per heavy atom. The van der Waals surface area contributed by atoms with E-state index in [0.717, 1.165) is 38.3 Å². The highest BCUT2D eigenvalue weighted by molar-refractivity contribution is 5.65. The number of halogens is 1. The standard InChI is InChI=1S/C20H24FN3O2/c21-18-5-7-19(8-6-18)22-10-9-16-1-3-17(4-2-16)15-23-11-13-24(14-12-23)20(25)26/h1-8,22H,9-15H2,(H,25,26).